The minimum atomic E-state index is -0.804. The topological polar surface area (TPSA) is 89.4 Å². The lowest BCUT2D eigenvalue weighted by Crippen LogP contribution is -1.96. The second kappa shape index (κ2) is 5.53. The molecule has 0 aliphatic heterocycles. The highest BCUT2D eigenvalue weighted by Crippen LogP contribution is 2.19. The Morgan fingerprint density at radius 2 is 2.41 bits per heavy atom. The van der Waals surface area contributed by atoms with Crippen LogP contribution in [0.5, 0.6) is 0 Å². The van der Waals surface area contributed by atoms with E-state index in [2.05, 4.69) is 10.1 Å². The number of hydrogen-bond acceptors (Lipinski definition) is 6. The average molecular weight is 254 g/mol. The number of furan rings is 1. The van der Waals surface area contributed by atoms with Crippen molar-refractivity contribution in [1.29, 1.82) is 0 Å². The zero-order valence-electron chi connectivity index (χ0n) is 8.83. The molecule has 0 fully saturated rings. The molecule has 2 aromatic rings. The summed E-state index contributed by atoms with van der Waals surface area (Å²) in [7, 11) is 0. The van der Waals surface area contributed by atoms with Crippen molar-refractivity contribution in [3.05, 3.63) is 24.2 Å². The first-order valence-electron chi connectivity index (χ1n) is 4.91. The summed E-state index contributed by atoms with van der Waals surface area (Å²) in [6.07, 6.45) is 1.66. The van der Waals surface area contributed by atoms with Crippen LogP contribution in [0.3, 0.4) is 0 Å². The highest BCUT2D eigenvalue weighted by atomic mass is 32.2. The third-order valence-corrected chi connectivity index (χ3v) is 2.85. The van der Waals surface area contributed by atoms with E-state index in [0.717, 1.165) is 0 Å². The number of aliphatic carboxylic acids is 1. The lowest BCUT2D eigenvalue weighted by molar-refractivity contribution is -0.136. The van der Waals surface area contributed by atoms with Crippen LogP contribution in [0.15, 0.2) is 27.3 Å². The summed E-state index contributed by atoms with van der Waals surface area (Å²) in [4.78, 5) is 14.4. The minimum absolute atomic E-state index is 0.132. The minimum Gasteiger partial charge on any atom is -0.481 e. The van der Waals surface area contributed by atoms with Crippen molar-refractivity contribution < 1.29 is 18.8 Å². The van der Waals surface area contributed by atoms with Crippen molar-refractivity contribution in [2.24, 2.45) is 0 Å². The van der Waals surface area contributed by atoms with Crippen LogP contribution in [0.4, 0.5) is 0 Å². The first-order chi connectivity index (χ1) is 8.25. The van der Waals surface area contributed by atoms with Gasteiger partial charge in [0.2, 0.25) is 0 Å². The quantitative estimate of drug-likeness (QED) is 0.789. The van der Waals surface area contributed by atoms with Crippen molar-refractivity contribution in [2.75, 3.05) is 5.75 Å². The summed E-state index contributed by atoms with van der Waals surface area (Å²) in [5.74, 6) is 1.65. The molecule has 90 valence electrons. The van der Waals surface area contributed by atoms with Crippen LogP contribution >= 0.6 is 11.8 Å². The third-order valence-electron chi connectivity index (χ3n) is 1.89. The van der Waals surface area contributed by atoms with Gasteiger partial charge in [-0.2, -0.15) is 16.7 Å². The zero-order chi connectivity index (χ0) is 12.1. The summed E-state index contributed by atoms with van der Waals surface area (Å²) in [6.45, 7) is 0. The van der Waals surface area contributed by atoms with Gasteiger partial charge < -0.3 is 14.0 Å². The fraction of sp³-hybridized carbons (Fsp3) is 0.300. The lowest BCUT2D eigenvalue weighted by atomic mass is 10.4. The molecular formula is C10H10N2O4S. The molecule has 1 N–H and O–H groups in total. The summed E-state index contributed by atoms with van der Waals surface area (Å²) < 4.78 is 10.1. The van der Waals surface area contributed by atoms with Gasteiger partial charge in [-0.1, -0.05) is 5.16 Å². The summed E-state index contributed by atoms with van der Waals surface area (Å²) >= 11 is 1.45. The van der Waals surface area contributed by atoms with Crippen LogP contribution in [0.25, 0.3) is 11.7 Å². The largest absolute Gasteiger partial charge is 0.481 e. The van der Waals surface area contributed by atoms with Crippen LogP contribution < -0.4 is 0 Å². The van der Waals surface area contributed by atoms with Gasteiger partial charge in [0.1, 0.15) is 0 Å². The molecule has 0 amide bonds. The van der Waals surface area contributed by atoms with Gasteiger partial charge in [-0.3, -0.25) is 4.79 Å². The second-order valence-corrected chi connectivity index (χ2v) is 4.29. The number of hydrogen-bond donors (Lipinski definition) is 1. The Labute approximate surface area is 101 Å². The average Bonchev–Trinajstić information content (AvgIpc) is 2.94. The number of thioether (sulfide) groups is 1. The van der Waals surface area contributed by atoms with E-state index in [1.54, 1.807) is 12.1 Å². The predicted molar refractivity (Wildman–Crippen MR) is 60.4 cm³/mol. The first kappa shape index (κ1) is 11.7. The molecule has 0 saturated carbocycles. The zero-order valence-corrected chi connectivity index (χ0v) is 9.64. The molecule has 0 spiro atoms. The molecule has 0 unspecified atom stereocenters. The van der Waals surface area contributed by atoms with Gasteiger partial charge in [-0.05, 0) is 12.1 Å². The fourth-order valence-corrected chi connectivity index (χ4v) is 1.90. The molecule has 7 heteroatoms. The lowest BCUT2D eigenvalue weighted by Gasteiger charge is -1.93. The van der Waals surface area contributed by atoms with E-state index < -0.39 is 5.97 Å². The van der Waals surface area contributed by atoms with E-state index in [4.69, 9.17) is 14.0 Å². The standard InChI is InChI=1S/C10H10N2O4S/c13-9(14)3-5-17-6-8-11-10(16-12-8)7-2-1-4-15-7/h1-2,4H,3,5-6H2,(H,13,14). The first-order valence-corrected chi connectivity index (χ1v) is 6.07. The molecule has 2 heterocycles. The number of carbonyl (C=O) groups is 1. The van der Waals surface area contributed by atoms with E-state index in [1.165, 1.54) is 18.0 Å². The Kier molecular flexibility index (Phi) is 3.81. The Morgan fingerprint density at radius 1 is 1.53 bits per heavy atom. The van der Waals surface area contributed by atoms with Crippen LogP contribution in [0, 0.1) is 0 Å². The smallest absolute Gasteiger partial charge is 0.304 e. The molecule has 2 rings (SSSR count). The van der Waals surface area contributed by atoms with E-state index in [-0.39, 0.29) is 6.42 Å². The maximum atomic E-state index is 10.3. The Hall–Kier alpha value is -1.76. The molecule has 2 aromatic heterocycles. The van der Waals surface area contributed by atoms with E-state index >= 15 is 0 Å². The van der Waals surface area contributed by atoms with Crippen LogP contribution in [-0.2, 0) is 10.5 Å². The summed E-state index contributed by atoms with van der Waals surface area (Å²) in [5.41, 5.74) is 0. The molecule has 6 nitrogen and oxygen atoms in total. The van der Waals surface area contributed by atoms with Gasteiger partial charge >= 0.3 is 5.97 Å². The monoisotopic (exact) mass is 254 g/mol. The van der Waals surface area contributed by atoms with Gasteiger partial charge in [-0.25, -0.2) is 0 Å². The number of rotatable bonds is 6. The number of carboxylic acids is 1. The molecular weight excluding hydrogens is 244 g/mol. The van der Waals surface area contributed by atoms with Crippen molar-refractivity contribution in [2.45, 2.75) is 12.2 Å². The van der Waals surface area contributed by atoms with E-state index in [1.807, 2.05) is 0 Å². The molecule has 0 aromatic carbocycles. The molecule has 17 heavy (non-hydrogen) atoms. The fourth-order valence-electron chi connectivity index (χ4n) is 1.14. The molecule has 0 saturated heterocycles. The molecule has 0 aliphatic rings. The molecule has 0 bridgehead atoms. The third kappa shape index (κ3) is 3.35. The van der Waals surface area contributed by atoms with Crippen molar-refractivity contribution in [3.63, 3.8) is 0 Å². The normalized spacial score (nSPS) is 10.6. The summed E-state index contributed by atoms with van der Waals surface area (Å²) in [5, 5.41) is 12.2. The van der Waals surface area contributed by atoms with Gasteiger partial charge in [0.25, 0.3) is 5.89 Å². The molecule has 0 radical (unpaired) electrons. The van der Waals surface area contributed by atoms with Crippen molar-refractivity contribution in [1.82, 2.24) is 10.1 Å². The highest BCUT2D eigenvalue weighted by Gasteiger charge is 2.10. The van der Waals surface area contributed by atoms with Crippen molar-refractivity contribution >= 4 is 17.7 Å². The number of nitrogens with zero attached hydrogens (tertiary/aromatic N) is 2. The van der Waals surface area contributed by atoms with Gasteiger partial charge in [0.05, 0.1) is 18.4 Å². The Bertz CT molecular complexity index is 480. The molecule has 0 aliphatic carbocycles. The van der Waals surface area contributed by atoms with Crippen LogP contribution in [0.2, 0.25) is 0 Å². The molecule has 0 atom stereocenters. The van der Waals surface area contributed by atoms with Crippen molar-refractivity contribution in [3.8, 4) is 11.7 Å². The Balaban J connectivity index is 1.84. The van der Waals surface area contributed by atoms with Gasteiger partial charge in [0.15, 0.2) is 11.6 Å². The number of carboxylic acid groups (broad SMARTS) is 1. The van der Waals surface area contributed by atoms with Gasteiger partial charge in [-0.15, -0.1) is 0 Å². The second-order valence-electron chi connectivity index (χ2n) is 3.19. The SMILES string of the molecule is O=C(O)CCSCc1noc(-c2ccco2)n1. The van der Waals surface area contributed by atoms with Gasteiger partial charge in [0, 0.05) is 5.75 Å². The maximum Gasteiger partial charge on any atom is 0.304 e. The highest BCUT2D eigenvalue weighted by molar-refractivity contribution is 7.98. The van der Waals surface area contributed by atoms with Crippen LogP contribution in [0.1, 0.15) is 12.2 Å². The number of aromatic nitrogens is 2. The Morgan fingerprint density at radius 3 is 3.12 bits per heavy atom. The van der Waals surface area contributed by atoms with Crippen LogP contribution in [-0.4, -0.2) is 27.0 Å². The van der Waals surface area contributed by atoms with E-state index in [9.17, 15) is 4.79 Å². The van der Waals surface area contributed by atoms with E-state index in [0.29, 0.717) is 29.0 Å². The maximum absolute atomic E-state index is 10.3. The predicted octanol–water partition coefficient (Wildman–Crippen LogP) is 2.04. The summed E-state index contributed by atoms with van der Waals surface area (Å²) in [6, 6.07) is 3.47.